The Morgan fingerprint density at radius 1 is 1.35 bits per heavy atom. The monoisotopic (exact) mass is 343 g/mol. The van der Waals surface area contributed by atoms with Crippen LogP contribution in [0.15, 0.2) is 59.9 Å². The molecule has 7 nitrogen and oxygen atoms in total. The molecular formula is C19H17N7. The van der Waals surface area contributed by atoms with Crippen LogP contribution in [0, 0.1) is 11.5 Å². The van der Waals surface area contributed by atoms with Crippen LogP contribution < -0.4 is 5.73 Å². The Labute approximate surface area is 150 Å². The molecule has 3 aromatic heterocycles. The van der Waals surface area contributed by atoms with Crippen LogP contribution in [0.5, 0.6) is 0 Å². The number of nitrogens with one attached hydrogen (secondary N) is 1. The van der Waals surface area contributed by atoms with Gasteiger partial charge < -0.3 is 15.6 Å². The van der Waals surface area contributed by atoms with Gasteiger partial charge >= 0.3 is 0 Å². The number of imidazole rings is 1. The molecule has 4 rings (SSSR count). The van der Waals surface area contributed by atoms with Gasteiger partial charge in [0, 0.05) is 35.9 Å². The molecule has 3 N–H and O–H groups in total. The maximum Gasteiger partial charge on any atom is 0.209 e. The van der Waals surface area contributed by atoms with Crippen molar-refractivity contribution < 1.29 is 0 Å². The number of rotatable bonds is 3. The molecule has 0 fully saturated rings. The van der Waals surface area contributed by atoms with Crippen LogP contribution in [0.3, 0.4) is 0 Å². The first kappa shape index (κ1) is 15.7. The zero-order valence-corrected chi connectivity index (χ0v) is 14.2. The predicted molar refractivity (Wildman–Crippen MR) is 101 cm³/mol. The smallest absolute Gasteiger partial charge is 0.209 e. The average molecular weight is 343 g/mol. The molecule has 26 heavy (non-hydrogen) atoms. The fourth-order valence-electron chi connectivity index (χ4n) is 3.10. The fraction of sp³-hybridized carbons (Fsp3) is 0.105. The number of fused-ring (bicyclic) bond motifs is 2. The van der Waals surface area contributed by atoms with Crippen LogP contribution in [0.4, 0.5) is 0 Å². The molecule has 0 aliphatic heterocycles. The van der Waals surface area contributed by atoms with Crippen molar-refractivity contribution >= 4 is 22.5 Å². The lowest BCUT2D eigenvalue weighted by Crippen LogP contribution is -2.33. The van der Waals surface area contributed by atoms with Crippen LogP contribution in [-0.4, -0.2) is 32.3 Å². The van der Waals surface area contributed by atoms with E-state index in [1.54, 1.807) is 18.1 Å². The zero-order valence-electron chi connectivity index (χ0n) is 14.2. The number of hydrogen-bond acceptors (Lipinski definition) is 3. The number of pyridine rings is 1. The normalized spacial score (nSPS) is 11.8. The van der Waals surface area contributed by atoms with Gasteiger partial charge in [0.05, 0.1) is 17.9 Å². The number of nitriles is 1. The van der Waals surface area contributed by atoms with Crippen molar-refractivity contribution in [2.45, 2.75) is 6.54 Å². The minimum atomic E-state index is 0.164. The zero-order chi connectivity index (χ0) is 18.1. The van der Waals surface area contributed by atoms with Gasteiger partial charge in [-0.2, -0.15) is 5.26 Å². The van der Waals surface area contributed by atoms with Crippen LogP contribution in [0.2, 0.25) is 0 Å². The van der Waals surface area contributed by atoms with E-state index in [9.17, 15) is 0 Å². The van der Waals surface area contributed by atoms with E-state index in [0.29, 0.717) is 6.54 Å². The van der Waals surface area contributed by atoms with E-state index in [1.165, 1.54) is 0 Å². The van der Waals surface area contributed by atoms with Crippen molar-refractivity contribution in [1.29, 1.82) is 5.26 Å². The first-order valence-corrected chi connectivity index (χ1v) is 8.14. The highest BCUT2D eigenvalue weighted by atomic mass is 15.2. The second kappa shape index (κ2) is 6.26. The van der Waals surface area contributed by atoms with E-state index in [0.717, 1.165) is 33.5 Å². The molecular weight excluding hydrogens is 326 g/mol. The number of H-pyrrole nitrogens is 1. The Bertz CT molecular complexity index is 1160. The Kier molecular flexibility index (Phi) is 3.78. The van der Waals surface area contributed by atoms with Crippen LogP contribution in [0.1, 0.15) is 5.69 Å². The second-order valence-electron chi connectivity index (χ2n) is 6.04. The van der Waals surface area contributed by atoms with E-state index in [1.807, 2.05) is 36.7 Å². The molecule has 128 valence electrons. The third-order valence-electron chi connectivity index (χ3n) is 4.37. The number of aromatic nitrogens is 3. The lowest BCUT2D eigenvalue weighted by atomic mass is 10.1. The van der Waals surface area contributed by atoms with Crippen molar-refractivity contribution in [2.75, 3.05) is 7.05 Å². The second-order valence-corrected chi connectivity index (χ2v) is 6.04. The summed E-state index contributed by atoms with van der Waals surface area (Å²) in [5.41, 5.74) is 10.7. The summed E-state index contributed by atoms with van der Waals surface area (Å²) in [7, 11) is 1.79. The van der Waals surface area contributed by atoms with Gasteiger partial charge in [0.1, 0.15) is 5.65 Å². The minimum Gasteiger partial charge on any atom is -0.369 e. The topological polar surface area (TPSA) is 98.5 Å². The van der Waals surface area contributed by atoms with E-state index in [2.05, 4.69) is 32.6 Å². The molecule has 0 radical (unpaired) electrons. The summed E-state index contributed by atoms with van der Waals surface area (Å²) in [5, 5.41) is 9.85. The first-order valence-electron chi connectivity index (χ1n) is 8.14. The van der Waals surface area contributed by atoms with E-state index < -0.39 is 0 Å². The summed E-state index contributed by atoms with van der Waals surface area (Å²) in [6.07, 6.45) is 5.64. The molecule has 0 aliphatic carbocycles. The lowest BCUT2D eigenvalue weighted by molar-refractivity contribution is 0.489. The molecule has 0 unspecified atom stereocenters. The summed E-state index contributed by atoms with van der Waals surface area (Å²) in [4.78, 5) is 13.3. The SMILES string of the molecule is CN(Cc1nc2ccccn2c1-c1ccc2[nH]ccc2c1)C(N)=NC#N. The van der Waals surface area contributed by atoms with Crippen LogP contribution >= 0.6 is 0 Å². The highest BCUT2D eigenvalue weighted by Gasteiger charge is 2.17. The van der Waals surface area contributed by atoms with E-state index in [-0.39, 0.29) is 5.96 Å². The molecule has 0 amide bonds. The third kappa shape index (κ3) is 2.63. The van der Waals surface area contributed by atoms with Crippen LogP contribution in [0.25, 0.3) is 27.8 Å². The Balaban J connectivity index is 1.86. The van der Waals surface area contributed by atoms with Crippen molar-refractivity contribution in [3.05, 3.63) is 60.6 Å². The Morgan fingerprint density at radius 3 is 3.08 bits per heavy atom. The van der Waals surface area contributed by atoms with Gasteiger partial charge in [-0.1, -0.05) is 12.1 Å². The fourth-order valence-corrected chi connectivity index (χ4v) is 3.10. The summed E-state index contributed by atoms with van der Waals surface area (Å²) in [5.74, 6) is 0.164. The largest absolute Gasteiger partial charge is 0.369 e. The number of nitrogens with two attached hydrogens (primary N) is 1. The molecule has 0 saturated carbocycles. The predicted octanol–water partition coefficient (Wildman–Crippen LogP) is 2.71. The van der Waals surface area contributed by atoms with Crippen molar-refractivity contribution in [3.63, 3.8) is 0 Å². The van der Waals surface area contributed by atoms with Crippen molar-refractivity contribution in [2.24, 2.45) is 10.7 Å². The lowest BCUT2D eigenvalue weighted by Gasteiger charge is -2.16. The molecule has 4 aromatic rings. The van der Waals surface area contributed by atoms with Crippen molar-refractivity contribution in [3.8, 4) is 17.5 Å². The van der Waals surface area contributed by atoms with Gasteiger partial charge in [-0.3, -0.25) is 4.40 Å². The highest BCUT2D eigenvalue weighted by molar-refractivity contribution is 5.85. The number of aliphatic imine (C=N–C) groups is 1. The molecule has 0 aliphatic rings. The summed E-state index contributed by atoms with van der Waals surface area (Å²) in [6.45, 7) is 0.444. The quantitative estimate of drug-likeness (QED) is 0.339. The van der Waals surface area contributed by atoms with Gasteiger partial charge in [-0.05, 0) is 30.3 Å². The molecule has 7 heteroatoms. The summed E-state index contributed by atoms with van der Waals surface area (Å²) >= 11 is 0. The van der Waals surface area contributed by atoms with Crippen molar-refractivity contribution in [1.82, 2.24) is 19.3 Å². The molecule has 0 bridgehead atoms. The molecule has 3 heterocycles. The number of benzene rings is 1. The molecule has 0 atom stereocenters. The average Bonchev–Trinajstić information content (AvgIpc) is 3.24. The van der Waals surface area contributed by atoms with Gasteiger partial charge in [0.15, 0.2) is 0 Å². The minimum absolute atomic E-state index is 0.164. The molecule has 0 spiro atoms. The Morgan fingerprint density at radius 2 is 2.23 bits per heavy atom. The van der Waals surface area contributed by atoms with E-state index >= 15 is 0 Å². The maximum atomic E-state index is 8.71. The number of hydrogen-bond donors (Lipinski definition) is 2. The standard InChI is InChI=1S/C19H17N7/c1-25(19(21)23-12-20)11-16-18(26-9-3-2-4-17(26)24-16)14-5-6-15-13(10-14)7-8-22-15/h2-10,22H,11H2,1H3,(H2,21,23). The first-order chi connectivity index (χ1) is 12.7. The highest BCUT2D eigenvalue weighted by Crippen LogP contribution is 2.28. The van der Waals surface area contributed by atoms with Gasteiger partial charge in [-0.25, -0.2) is 4.98 Å². The number of aromatic amines is 1. The van der Waals surface area contributed by atoms with Gasteiger partial charge in [0.25, 0.3) is 0 Å². The maximum absolute atomic E-state index is 8.71. The van der Waals surface area contributed by atoms with Gasteiger partial charge in [0.2, 0.25) is 12.2 Å². The van der Waals surface area contributed by atoms with Crippen LogP contribution in [-0.2, 0) is 6.54 Å². The molecule has 1 aromatic carbocycles. The third-order valence-corrected chi connectivity index (χ3v) is 4.37. The Hall–Kier alpha value is -3.79. The number of guanidine groups is 1. The summed E-state index contributed by atoms with van der Waals surface area (Å²) < 4.78 is 2.06. The van der Waals surface area contributed by atoms with Gasteiger partial charge in [-0.15, -0.1) is 4.99 Å². The summed E-state index contributed by atoms with van der Waals surface area (Å²) in [6, 6.07) is 14.2. The molecule has 0 saturated heterocycles. The number of nitrogens with zero attached hydrogens (tertiary/aromatic N) is 5. The van der Waals surface area contributed by atoms with E-state index in [4.69, 9.17) is 16.0 Å².